The highest BCUT2D eigenvalue weighted by Crippen LogP contribution is 2.14. The number of aromatic nitrogens is 3. The van der Waals surface area contributed by atoms with Gasteiger partial charge in [-0.3, -0.25) is 0 Å². The quantitative estimate of drug-likeness (QED) is 0.251. The van der Waals surface area contributed by atoms with Gasteiger partial charge in [-0.1, -0.05) is 40.5 Å². The van der Waals surface area contributed by atoms with E-state index in [1.807, 2.05) is 0 Å². The smallest absolute Gasteiger partial charge is 0.342 e. The fourth-order valence-electron chi connectivity index (χ4n) is 2.84. The van der Waals surface area contributed by atoms with Gasteiger partial charge in [0.1, 0.15) is 0 Å². The molecule has 0 amide bonds. The van der Waals surface area contributed by atoms with Gasteiger partial charge in [-0.2, -0.15) is 0 Å². The van der Waals surface area contributed by atoms with E-state index in [2.05, 4.69) is 19.7 Å². The van der Waals surface area contributed by atoms with Crippen LogP contribution in [0.25, 0.3) is 0 Å². The van der Waals surface area contributed by atoms with Crippen molar-refractivity contribution >= 4 is 17.9 Å². The van der Waals surface area contributed by atoms with Crippen LogP contribution in [0.3, 0.4) is 0 Å². The Bertz CT molecular complexity index is 941. The fraction of sp³-hybridized carbons (Fsp3) is 0.429. The molecule has 12 heteroatoms. The average molecular weight is 465 g/mol. The summed E-state index contributed by atoms with van der Waals surface area (Å²) in [5.74, 6) is -2.77. The second kappa shape index (κ2) is 12.2. The van der Waals surface area contributed by atoms with E-state index >= 15 is 0 Å². The third kappa shape index (κ3) is 6.05. The minimum absolute atomic E-state index is 0.0423. The molecule has 0 aromatic carbocycles. The summed E-state index contributed by atoms with van der Waals surface area (Å²) in [6.07, 6.45) is -1.92. The van der Waals surface area contributed by atoms with Gasteiger partial charge in [-0.15, -0.1) is 0 Å². The van der Waals surface area contributed by atoms with Crippen LogP contribution in [0, 0.1) is 0 Å². The van der Waals surface area contributed by atoms with Crippen molar-refractivity contribution in [3.05, 3.63) is 69.4 Å². The number of nitrogens with zero attached hydrogens (tertiary/aromatic N) is 3. The minimum atomic E-state index is -1.44. The third-order valence-electron chi connectivity index (χ3n) is 4.40. The van der Waals surface area contributed by atoms with Crippen LogP contribution in [0.2, 0.25) is 0 Å². The van der Waals surface area contributed by atoms with Crippen LogP contribution in [-0.4, -0.2) is 31.6 Å². The van der Waals surface area contributed by atoms with Gasteiger partial charge in [0.25, 0.3) is 0 Å². The second-order valence-corrected chi connectivity index (χ2v) is 6.47. The molecule has 0 bridgehead atoms. The van der Waals surface area contributed by atoms with Crippen molar-refractivity contribution in [2.24, 2.45) is 0 Å². The molecule has 0 aliphatic rings. The Morgan fingerprint density at radius 1 is 0.636 bits per heavy atom. The lowest BCUT2D eigenvalue weighted by molar-refractivity contribution is -0.150. The molecular weight excluding hydrogens is 438 g/mol. The second-order valence-electron chi connectivity index (χ2n) is 6.47. The summed E-state index contributed by atoms with van der Waals surface area (Å²) >= 11 is 0. The van der Waals surface area contributed by atoms with Crippen molar-refractivity contribution < 1.29 is 28.6 Å². The molecule has 1 heterocycles. The number of esters is 3. The normalized spacial score (nSPS) is 13.2. The van der Waals surface area contributed by atoms with Gasteiger partial charge < -0.3 is 14.2 Å². The molecule has 180 valence electrons. The predicted molar refractivity (Wildman–Crippen MR) is 116 cm³/mol. The highest BCUT2D eigenvalue weighted by Gasteiger charge is 2.30. The molecule has 3 unspecified atom stereocenters. The van der Waals surface area contributed by atoms with Crippen LogP contribution in [0.4, 0.5) is 0 Å². The molecule has 3 atom stereocenters. The van der Waals surface area contributed by atoms with Crippen LogP contribution < -0.4 is 17.1 Å². The minimum Gasteiger partial charge on any atom is -0.438 e. The van der Waals surface area contributed by atoms with Gasteiger partial charge in [0.2, 0.25) is 0 Å². The summed E-state index contributed by atoms with van der Waals surface area (Å²) in [4.78, 5) is 75.0. The number of rotatable bonds is 12. The lowest BCUT2D eigenvalue weighted by Gasteiger charge is -2.25. The average Bonchev–Trinajstić information content (AvgIpc) is 2.81. The van der Waals surface area contributed by atoms with E-state index in [0.29, 0.717) is 13.7 Å². The van der Waals surface area contributed by atoms with Crippen molar-refractivity contribution in [2.45, 2.75) is 58.7 Å². The monoisotopic (exact) mass is 465 g/mol. The Hall–Kier alpha value is -3.96. The summed E-state index contributed by atoms with van der Waals surface area (Å²) in [7, 11) is 0. The zero-order valence-electron chi connectivity index (χ0n) is 18.7. The number of hydrogen-bond donors (Lipinski definition) is 0. The van der Waals surface area contributed by atoms with Gasteiger partial charge >= 0.3 is 35.0 Å². The number of ether oxygens (including phenoxy) is 3. The molecular formula is C21H27N3O9. The molecule has 0 saturated heterocycles. The lowest BCUT2D eigenvalue weighted by Crippen LogP contribution is -2.58. The molecule has 1 rings (SSSR count). The molecule has 33 heavy (non-hydrogen) atoms. The zero-order chi connectivity index (χ0) is 25.3. The van der Waals surface area contributed by atoms with Crippen LogP contribution in [0.1, 0.15) is 58.7 Å². The number of carbonyl (C=O) groups excluding carboxylic acids is 3. The van der Waals surface area contributed by atoms with E-state index in [1.165, 1.54) is 20.8 Å². The van der Waals surface area contributed by atoms with Crippen molar-refractivity contribution in [1.82, 2.24) is 13.7 Å². The van der Waals surface area contributed by atoms with E-state index in [0.717, 1.165) is 18.2 Å². The van der Waals surface area contributed by atoms with E-state index in [4.69, 9.17) is 14.2 Å². The molecule has 0 spiro atoms. The van der Waals surface area contributed by atoms with Crippen molar-refractivity contribution in [3.8, 4) is 0 Å². The molecule has 1 aromatic heterocycles. The molecule has 0 N–H and O–H groups in total. The van der Waals surface area contributed by atoms with E-state index in [1.54, 1.807) is 0 Å². The summed E-state index contributed by atoms with van der Waals surface area (Å²) in [6, 6.07) is 0. The molecule has 1 aromatic rings. The summed E-state index contributed by atoms with van der Waals surface area (Å²) in [5.41, 5.74) is -3.59. The third-order valence-corrected chi connectivity index (χ3v) is 4.40. The molecule has 0 fully saturated rings. The topological polar surface area (TPSA) is 145 Å². The highest BCUT2D eigenvalue weighted by molar-refractivity contribution is 5.81. The Morgan fingerprint density at radius 3 is 1.00 bits per heavy atom. The molecule has 0 radical (unpaired) electrons. The Kier molecular flexibility index (Phi) is 9.99. The lowest BCUT2D eigenvalue weighted by atomic mass is 10.3. The van der Waals surface area contributed by atoms with Crippen LogP contribution in [0.5, 0.6) is 0 Å². The summed E-state index contributed by atoms with van der Waals surface area (Å²) < 4.78 is 16.9. The standard InChI is InChI=1S/C21H27N3O9/c1-7-13(31-16(25)10-4)22-19(28)23(14(8-2)32-17(26)11-5)21(30)24(20(22)29)15(9-3)33-18(27)12-6/h10-15H,4-9H2,1-3H3. The number of carbonyl (C=O) groups is 3. The van der Waals surface area contributed by atoms with Crippen LogP contribution in [-0.2, 0) is 28.6 Å². The zero-order valence-corrected chi connectivity index (χ0v) is 18.7. The van der Waals surface area contributed by atoms with E-state index in [9.17, 15) is 28.8 Å². The summed E-state index contributed by atoms with van der Waals surface area (Å²) in [6.45, 7) is 14.4. The maximum Gasteiger partial charge on any atom is 0.342 e. The van der Waals surface area contributed by atoms with Crippen molar-refractivity contribution in [3.63, 3.8) is 0 Å². The van der Waals surface area contributed by atoms with Gasteiger partial charge in [0, 0.05) is 37.5 Å². The Balaban J connectivity index is 4.04. The summed E-state index contributed by atoms with van der Waals surface area (Å²) in [5, 5.41) is 0. The van der Waals surface area contributed by atoms with Gasteiger partial charge in [-0.05, 0) is 0 Å². The Labute approximate surface area is 189 Å². The number of hydrogen-bond acceptors (Lipinski definition) is 9. The highest BCUT2D eigenvalue weighted by atomic mass is 16.6. The van der Waals surface area contributed by atoms with E-state index in [-0.39, 0.29) is 19.3 Å². The van der Waals surface area contributed by atoms with E-state index < -0.39 is 53.7 Å². The first-order chi connectivity index (χ1) is 15.6. The molecule has 12 nitrogen and oxygen atoms in total. The maximum absolute atomic E-state index is 13.2. The maximum atomic E-state index is 13.2. The molecule has 0 aliphatic heterocycles. The first-order valence-electron chi connectivity index (χ1n) is 10.1. The largest absolute Gasteiger partial charge is 0.438 e. The fourth-order valence-corrected chi connectivity index (χ4v) is 2.84. The first-order valence-corrected chi connectivity index (χ1v) is 10.1. The van der Waals surface area contributed by atoms with Gasteiger partial charge in [0.05, 0.1) is 0 Å². The van der Waals surface area contributed by atoms with Crippen LogP contribution in [0.15, 0.2) is 52.3 Å². The SMILES string of the molecule is C=CC(=O)OC(CC)n1c(=O)n(C(CC)OC(=O)C=C)c(=O)n(C(CC)OC(=O)C=C)c1=O. The predicted octanol–water partition coefficient (Wildman–Crippen LogP) is 1.09. The Morgan fingerprint density at radius 2 is 0.848 bits per heavy atom. The molecule has 0 aliphatic carbocycles. The van der Waals surface area contributed by atoms with Crippen molar-refractivity contribution in [2.75, 3.05) is 0 Å². The van der Waals surface area contributed by atoms with Crippen LogP contribution >= 0.6 is 0 Å². The first kappa shape index (κ1) is 27.1. The molecule has 0 saturated carbocycles. The van der Waals surface area contributed by atoms with Crippen molar-refractivity contribution in [1.29, 1.82) is 0 Å². The van der Waals surface area contributed by atoms with Gasteiger partial charge in [0.15, 0.2) is 18.7 Å². The van der Waals surface area contributed by atoms with Gasteiger partial charge in [-0.25, -0.2) is 42.5 Å².